The molecular weight excluding hydrogens is 378 g/mol. The van der Waals surface area contributed by atoms with Gasteiger partial charge >= 0.3 is 5.97 Å². The maximum Gasteiger partial charge on any atom is 0.338 e. The van der Waals surface area contributed by atoms with Crippen molar-refractivity contribution < 1.29 is 14.3 Å². The van der Waals surface area contributed by atoms with E-state index in [0.29, 0.717) is 23.0 Å². The van der Waals surface area contributed by atoms with Crippen LogP contribution in [-0.2, 0) is 9.53 Å². The molecule has 0 saturated carbocycles. The Bertz CT molecular complexity index is 954. The fourth-order valence-electron chi connectivity index (χ4n) is 2.35. The van der Waals surface area contributed by atoms with E-state index in [4.69, 9.17) is 4.74 Å². The van der Waals surface area contributed by atoms with Crippen molar-refractivity contribution in [3.05, 3.63) is 59.7 Å². The summed E-state index contributed by atoms with van der Waals surface area (Å²) in [5.41, 5.74) is 3.00. The number of ether oxygens (including phenoxy) is 1. The monoisotopic (exact) mass is 397 g/mol. The van der Waals surface area contributed by atoms with E-state index in [2.05, 4.69) is 20.8 Å². The second kappa shape index (κ2) is 9.14. The molecule has 0 radical (unpaired) electrons. The third-order valence-electron chi connectivity index (χ3n) is 3.73. The van der Waals surface area contributed by atoms with Gasteiger partial charge in [0.15, 0.2) is 0 Å². The van der Waals surface area contributed by atoms with Crippen LogP contribution in [0.15, 0.2) is 53.7 Å². The second-order valence-electron chi connectivity index (χ2n) is 5.84. The summed E-state index contributed by atoms with van der Waals surface area (Å²) in [6.07, 6.45) is 0. The Kier molecular flexibility index (Phi) is 6.38. The summed E-state index contributed by atoms with van der Waals surface area (Å²) in [4.78, 5) is 23.9. The lowest BCUT2D eigenvalue weighted by Crippen LogP contribution is -2.15. The van der Waals surface area contributed by atoms with Gasteiger partial charge in [0, 0.05) is 5.69 Å². The van der Waals surface area contributed by atoms with Gasteiger partial charge in [0.25, 0.3) is 0 Å². The number of amides is 1. The molecule has 0 spiro atoms. The molecule has 0 aliphatic rings. The van der Waals surface area contributed by atoms with Crippen LogP contribution in [0.2, 0.25) is 0 Å². The summed E-state index contributed by atoms with van der Waals surface area (Å²) in [6, 6.07) is 14.3. The molecular formula is C19H19N5O3S. The maximum atomic E-state index is 12.2. The summed E-state index contributed by atoms with van der Waals surface area (Å²) >= 11 is 1.24. The van der Waals surface area contributed by atoms with Crippen LogP contribution >= 0.6 is 11.8 Å². The number of nitrogens with zero attached hydrogens (tertiary/aromatic N) is 4. The Hall–Kier alpha value is -3.20. The Balaban J connectivity index is 1.57. The summed E-state index contributed by atoms with van der Waals surface area (Å²) in [6.45, 7) is 4.07. The van der Waals surface area contributed by atoms with Crippen LogP contribution in [0.25, 0.3) is 5.69 Å². The number of nitrogens with one attached hydrogen (secondary N) is 1. The number of hydrogen-bond donors (Lipinski definition) is 1. The number of benzene rings is 2. The van der Waals surface area contributed by atoms with Crippen LogP contribution in [0.5, 0.6) is 0 Å². The minimum absolute atomic E-state index is 0.145. The fraction of sp³-hybridized carbons (Fsp3) is 0.211. The standard InChI is InChI=1S/C19H19N5O3S/c1-3-27-18(26)14-6-8-15(9-7-14)20-17(25)12-28-19-21-22-23-24(19)16-10-4-13(2)5-11-16/h4-11H,3,12H2,1-2H3,(H,20,25). The highest BCUT2D eigenvalue weighted by Crippen LogP contribution is 2.19. The average molecular weight is 397 g/mol. The van der Waals surface area contributed by atoms with E-state index in [1.54, 1.807) is 35.9 Å². The summed E-state index contributed by atoms with van der Waals surface area (Å²) in [7, 11) is 0. The first-order chi connectivity index (χ1) is 13.6. The Morgan fingerprint density at radius 2 is 1.82 bits per heavy atom. The van der Waals surface area contributed by atoms with E-state index in [9.17, 15) is 9.59 Å². The number of esters is 1. The highest BCUT2D eigenvalue weighted by molar-refractivity contribution is 7.99. The van der Waals surface area contributed by atoms with Crippen LogP contribution in [0.1, 0.15) is 22.8 Å². The molecule has 0 atom stereocenters. The molecule has 0 saturated heterocycles. The van der Waals surface area contributed by atoms with Crippen LogP contribution in [0, 0.1) is 6.92 Å². The van der Waals surface area contributed by atoms with Crippen molar-refractivity contribution in [2.24, 2.45) is 0 Å². The normalized spacial score (nSPS) is 10.5. The molecule has 0 bridgehead atoms. The Morgan fingerprint density at radius 1 is 1.11 bits per heavy atom. The lowest BCUT2D eigenvalue weighted by atomic mass is 10.2. The van der Waals surface area contributed by atoms with Gasteiger partial charge in [-0.25, -0.2) is 4.79 Å². The van der Waals surface area contributed by atoms with Gasteiger partial charge in [0.2, 0.25) is 11.1 Å². The van der Waals surface area contributed by atoms with Gasteiger partial charge in [0.1, 0.15) is 0 Å². The molecule has 1 heterocycles. The minimum Gasteiger partial charge on any atom is -0.462 e. The van der Waals surface area contributed by atoms with Crippen molar-refractivity contribution in [3.8, 4) is 5.69 Å². The van der Waals surface area contributed by atoms with E-state index < -0.39 is 0 Å². The van der Waals surface area contributed by atoms with E-state index >= 15 is 0 Å². The number of anilines is 1. The van der Waals surface area contributed by atoms with E-state index in [0.717, 1.165) is 11.3 Å². The Labute approximate surface area is 166 Å². The average Bonchev–Trinajstić information content (AvgIpc) is 3.16. The zero-order valence-corrected chi connectivity index (χ0v) is 16.3. The summed E-state index contributed by atoms with van der Waals surface area (Å²) in [5, 5.41) is 14.9. The van der Waals surface area contributed by atoms with Gasteiger partial charge in [-0.05, 0) is 60.7 Å². The second-order valence-corrected chi connectivity index (χ2v) is 6.79. The van der Waals surface area contributed by atoms with Crippen LogP contribution in [0.3, 0.4) is 0 Å². The molecule has 3 aromatic rings. The van der Waals surface area contributed by atoms with E-state index in [-0.39, 0.29) is 17.6 Å². The lowest BCUT2D eigenvalue weighted by Gasteiger charge is -2.07. The number of aryl methyl sites for hydroxylation is 1. The highest BCUT2D eigenvalue weighted by Gasteiger charge is 2.12. The summed E-state index contributed by atoms with van der Waals surface area (Å²) in [5.74, 6) is -0.447. The Morgan fingerprint density at radius 3 is 2.50 bits per heavy atom. The van der Waals surface area contributed by atoms with Crippen molar-refractivity contribution in [1.29, 1.82) is 0 Å². The van der Waals surface area contributed by atoms with Crippen molar-refractivity contribution in [1.82, 2.24) is 20.2 Å². The van der Waals surface area contributed by atoms with Crippen LogP contribution < -0.4 is 5.32 Å². The largest absolute Gasteiger partial charge is 0.462 e. The fourth-order valence-corrected chi connectivity index (χ4v) is 3.04. The maximum absolute atomic E-state index is 12.2. The van der Waals surface area contributed by atoms with Gasteiger partial charge < -0.3 is 10.1 Å². The van der Waals surface area contributed by atoms with E-state index in [1.165, 1.54) is 11.8 Å². The number of carbonyl (C=O) groups is 2. The van der Waals surface area contributed by atoms with Gasteiger partial charge in [-0.2, -0.15) is 4.68 Å². The number of thioether (sulfide) groups is 1. The molecule has 144 valence electrons. The van der Waals surface area contributed by atoms with Gasteiger partial charge in [-0.15, -0.1) is 5.10 Å². The van der Waals surface area contributed by atoms with E-state index in [1.807, 2.05) is 31.2 Å². The number of rotatable bonds is 7. The van der Waals surface area contributed by atoms with Crippen molar-refractivity contribution in [3.63, 3.8) is 0 Å². The first-order valence-corrected chi connectivity index (χ1v) is 9.60. The molecule has 1 amide bonds. The lowest BCUT2D eigenvalue weighted by molar-refractivity contribution is -0.113. The smallest absolute Gasteiger partial charge is 0.338 e. The van der Waals surface area contributed by atoms with Gasteiger partial charge in [-0.3, -0.25) is 4.79 Å². The molecule has 28 heavy (non-hydrogen) atoms. The molecule has 0 unspecified atom stereocenters. The minimum atomic E-state index is -0.390. The highest BCUT2D eigenvalue weighted by atomic mass is 32.2. The molecule has 1 N–H and O–H groups in total. The third kappa shape index (κ3) is 4.95. The van der Waals surface area contributed by atoms with Crippen molar-refractivity contribution in [2.45, 2.75) is 19.0 Å². The molecule has 3 rings (SSSR count). The van der Waals surface area contributed by atoms with Crippen LogP contribution in [-0.4, -0.2) is 44.4 Å². The molecule has 9 heteroatoms. The number of aromatic nitrogens is 4. The molecule has 0 fully saturated rings. The number of hydrogen-bond acceptors (Lipinski definition) is 7. The van der Waals surface area contributed by atoms with Gasteiger partial charge in [0.05, 0.1) is 23.6 Å². The molecule has 2 aromatic carbocycles. The first-order valence-electron chi connectivity index (χ1n) is 8.62. The predicted molar refractivity (Wildman–Crippen MR) is 106 cm³/mol. The van der Waals surface area contributed by atoms with Crippen LogP contribution in [0.4, 0.5) is 5.69 Å². The molecule has 8 nitrogen and oxygen atoms in total. The SMILES string of the molecule is CCOC(=O)c1ccc(NC(=O)CSc2nnnn2-c2ccc(C)cc2)cc1. The summed E-state index contributed by atoms with van der Waals surface area (Å²) < 4.78 is 6.52. The van der Waals surface area contributed by atoms with Gasteiger partial charge in [-0.1, -0.05) is 29.5 Å². The topological polar surface area (TPSA) is 99.0 Å². The predicted octanol–water partition coefficient (Wildman–Crippen LogP) is 2.88. The van der Waals surface area contributed by atoms with Crippen molar-refractivity contribution in [2.75, 3.05) is 17.7 Å². The zero-order chi connectivity index (χ0) is 19.9. The molecule has 0 aliphatic heterocycles. The van der Waals surface area contributed by atoms with Crippen molar-refractivity contribution >= 4 is 29.3 Å². The molecule has 0 aliphatic carbocycles. The number of tetrazole rings is 1. The third-order valence-corrected chi connectivity index (χ3v) is 4.65. The molecule has 1 aromatic heterocycles. The number of carbonyl (C=O) groups excluding carboxylic acids is 2. The quantitative estimate of drug-likeness (QED) is 0.483. The zero-order valence-electron chi connectivity index (χ0n) is 15.5. The first kappa shape index (κ1) is 19.6.